The van der Waals surface area contributed by atoms with E-state index in [1.807, 2.05) is 30.3 Å². The van der Waals surface area contributed by atoms with E-state index in [4.69, 9.17) is 18.9 Å². The highest BCUT2D eigenvalue weighted by Gasteiger charge is 2.43. The minimum absolute atomic E-state index is 0.198. The molecule has 2 heterocycles. The summed E-state index contributed by atoms with van der Waals surface area (Å²) in [5, 5.41) is 33.0. The number of phenols is 1. The van der Waals surface area contributed by atoms with Crippen molar-refractivity contribution in [1.82, 2.24) is 0 Å². The van der Waals surface area contributed by atoms with Gasteiger partial charge in [-0.15, -0.1) is 0 Å². The highest BCUT2D eigenvalue weighted by molar-refractivity contribution is 5.52. The first-order chi connectivity index (χ1) is 19.0. The van der Waals surface area contributed by atoms with Crippen molar-refractivity contribution in [2.24, 2.45) is 11.8 Å². The van der Waals surface area contributed by atoms with Crippen LogP contribution in [0.5, 0.6) is 28.7 Å². The molecular weight excluding hydrogens is 496 g/mol. The Morgan fingerprint density at radius 3 is 2.33 bits per heavy atom. The molecule has 0 amide bonds. The summed E-state index contributed by atoms with van der Waals surface area (Å²) in [4.78, 5) is 0. The van der Waals surface area contributed by atoms with Crippen molar-refractivity contribution in [2.45, 2.75) is 56.8 Å². The summed E-state index contributed by atoms with van der Waals surface area (Å²) in [5.41, 5.74) is 3.10. The van der Waals surface area contributed by atoms with Crippen LogP contribution in [0.4, 0.5) is 0 Å². The van der Waals surface area contributed by atoms with Gasteiger partial charge in [-0.25, -0.2) is 0 Å². The molecule has 6 rings (SSSR count). The molecule has 206 valence electrons. The highest BCUT2D eigenvalue weighted by Crippen LogP contribution is 2.48. The molecule has 3 aromatic carbocycles. The van der Waals surface area contributed by atoms with Gasteiger partial charge in [0.1, 0.15) is 28.7 Å². The Morgan fingerprint density at radius 2 is 1.56 bits per heavy atom. The Hall–Kier alpha value is -3.42. The monoisotopic (exact) mass is 532 g/mol. The van der Waals surface area contributed by atoms with E-state index in [0.29, 0.717) is 34.8 Å². The molecule has 1 saturated carbocycles. The zero-order chi connectivity index (χ0) is 26.9. The van der Waals surface area contributed by atoms with Gasteiger partial charge < -0.3 is 34.3 Å². The number of hydrogen-bond donors (Lipinski definition) is 3. The van der Waals surface area contributed by atoms with Crippen LogP contribution in [0.1, 0.15) is 66.6 Å². The fourth-order valence-electron chi connectivity index (χ4n) is 6.28. The number of methoxy groups -OCH3 is 1. The summed E-state index contributed by atoms with van der Waals surface area (Å²) >= 11 is 0. The quantitative estimate of drug-likeness (QED) is 0.386. The number of benzene rings is 3. The Balaban J connectivity index is 1.24. The second kappa shape index (κ2) is 11.0. The van der Waals surface area contributed by atoms with E-state index >= 15 is 0 Å². The molecule has 3 N–H and O–H groups in total. The zero-order valence-corrected chi connectivity index (χ0v) is 22.2. The molecule has 7 nitrogen and oxygen atoms in total. The first-order valence-electron chi connectivity index (χ1n) is 13.9. The number of hydrogen-bond acceptors (Lipinski definition) is 7. The average Bonchev–Trinajstić information content (AvgIpc) is 2.95. The first-order valence-corrected chi connectivity index (χ1v) is 13.9. The number of ether oxygens (including phenoxy) is 4. The molecule has 1 fully saturated rings. The molecule has 0 aromatic heterocycles. The van der Waals surface area contributed by atoms with Crippen LogP contribution in [0.25, 0.3) is 0 Å². The molecule has 4 atom stereocenters. The molecule has 0 spiro atoms. The number of phenolic OH excluding ortho intramolecular Hbond substituents is 1. The third-order valence-corrected chi connectivity index (χ3v) is 8.39. The van der Waals surface area contributed by atoms with Crippen LogP contribution >= 0.6 is 0 Å². The van der Waals surface area contributed by atoms with Crippen molar-refractivity contribution in [3.63, 3.8) is 0 Å². The van der Waals surface area contributed by atoms with Crippen molar-refractivity contribution >= 4 is 0 Å². The zero-order valence-electron chi connectivity index (χ0n) is 22.2. The van der Waals surface area contributed by atoms with Gasteiger partial charge in [-0.3, -0.25) is 0 Å². The summed E-state index contributed by atoms with van der Waals surface area (Å²) in [6.07, 6.45) is 4.76. The maximum absolute atomic E-state index is 11.6. The van der Waals surface area contributed by atoms with E-state index in [1.165, 1.54) is 19.3 Å². The molecule has 0 radical (unpaired) electrons. The van der Waals surface area contributed by atoms with E-state index in [1.54, 1.807) is 31.4 Å². The molecule has 2 aliphatic heterocycles. The largest absolute Gasteiger partial charge is 0.508 e. The van der Waals surface area contributed by atoms with Crippen LogP contribution in [0.2, 0.25) is 0 Å². The lowest BCUT2D eigenvalue weighted by Gasteiger charge is -2.40. The molecular formula is C32H36O7. The van der Waals surface area contributed by atoms with E-state index in [9.17, 15) is 15.3 Å². The smallest absolute Gasteiger partial charge is 0.128 e. The van der Waals surface area contributed by atoms with Crippen molar-refractivity contribution in [1.29, 1.82) is 0 Å². The van der Waals surface area contributed by atoms with E-state index < -0.39 is 12.2 Å². The van der Waals surface area contributed by atoms with E-state index in [-0.39, 0.29) is 36.9 Å². The van der Waals surface area contributed by atoms with Gasteiger partial charge in [0.15, 0.2) is 0 Å². The van der Waals surface area contributed by atoms with Crippen LogP contribution in [-0.4, -0.2) is 41.7 Å². The number of aliphatic hydroxyl groups excluding tert-OH is 2. The summed E-state index contributed by atoms with van der Waals surface area (Å²) in [6.45, 7) is 0.518. The van der Waals surface area contributed by atoms with Crippen LogP contribution < -0.4 is 18.9 Å². The molecule has 0 saturated heterocycles. The molecule has 0 bridgehead atoms. The van der Waals surface area contributed by atoms with Gasteiger partial charge in [-0.2, -0.15) is 0 Å². The Bertz CT molecular complexity index is 1320. The summed E-state index contributed by atoms with van der Waals surface area (Å²) in [7, 11) is 1.59. The lowest BCUT2D eigenvalue weighted by atomic mass is 9.77. The van der Waals surface area contributed by atoms with Gasteiger partial charge in [0.05, 0.1) is 38.6 Å². The Labute approximate surface area is 228 Å². The van der Waals surface area contributed by atoms with Gasteiger partial charge in [0.2, 0.25) is 0 Å². The van der Waals surface area contributed by atoms with Crippen molar-refractivity contribution < 1.29 is 34.3 Å². The third-order valence-electron chi connectivity index (χ3n) is 8.39. The second-order valence-electron chi connectivity index (χ2n) is 11.0. The maximum atomic E-state index is 11.6. The highest BCUT2D eigenvalue weighted by atomic mass is 16.5. The minimum atomic E-state index is -0.877. The predicted octanol–water partition coefficient (Wildman–Crippen LogP) is 5.49. The van der Waals surface area contributed by atoms with E-state index in [2.05, 4.69) is 0 Å². The third kappa shape index (κ3) is 5.25. The minimum Gasteiger partial charge on any atom is -0.508 e. The SMILES string of the molecule is COc1cc(Cc2cccc(O)c2)c2c(c1)C(O)C(C1COc3ccc(OC4CCCCC4)cc3C1O)CO2. The van der Waals surface area contributed by atoms with Crippen molar-refractivity contribution in [2.75, 3.05) is 20.3 Å². The summed E-state index contributed by atoms with van der Waals surface area (Å²) in [5.74, 6) is 2.08. The van der Waals surface area contributed by atoms with Crippen molar-refractivity contribution in [3.05, 3.63) is 76.9 Å². The predicted molar refractivity (Wildman–Crippen MR) is 146 cm³/mol. The topological polar surface area (TPSA) is 97.6 Å². The molecule has 4 unspecified atom stereocenters. The van der Waals surface area contributed by atoms with Gasteiger partial charge in [0.25, 0.3) is 0 Å². The number of aliphatic hydroxyl groups is 2. The van der Waals surface area contributed by atoms with Crippen LogP contribution in [0, 0.1) is 11.8 Å². The number of rotatable bonds is 6. The Morgan fingerprint density at radius 1 is 0.821 bits per heavy atom. The standard InChI is InChI=1S/C32H36O7/c1-36-24-14-20(12-19-6-5-7-21(33)13-19)32-26(16-24)31(35)28(18-38-32)27-17-37-29-11-10-23(15-25(29)30(27)34)39-22-8-3-2-4-9-22/h5-7,10-11,13-16,22,27-28,30-31,33-35H,2-4,8-9,12,17-18H2,1H3. The summed E-state index contributed by atoms with van der Waals surface area (Å²) in [6, 6.07) is 16.5. The van der Waals surface area contributed by atoms with Gasteiger partial charge >= 0.3 is 0 Å². The van der Waals surface area contributed by atoms with Crippen LogP contribution in [-0.2, 0) is 6.42 Å². The fourth-order valence-corrected chi connectivity index (χ4v) is 6.28. The van der Waals surface area contributed by atoms with Crippen LogP contribution in [0.3, 0.4) is 0 Å². The molecule has 1 aliphatic carbocycles. The van der Waals surface area contributed by atoms with Crippen molar-refractivity contribution in [3.8, 4) is 28.7 Å². The van der Waals surface area contributed by atoms with Gasteiger partial charge in [-0.1, -0.05) is 18.6 Å². The van der Waals surface area contributed by atoms with E-state index in [0.717, 1.165) is 29.7 Å². The van der Waals surface area contributed by atoms with Gasteiger partial charge in [0, 0.05) is 34.9 Å². The lowest BCUT2D eigenvalue weighted by molar-refractivity contribution is -0.0555. The molecule has 39 heavy (non-hydrogen) atoms. The normalized spacial score (nSPS) is 24.6. The first kappa shape index (κ1) is 25.8. The summed E-state index contributed by atoms with van der Waals surface area (Å²) < 4.78 is 24.1. The molecule has 3 aromatic rings. The Kier molecular flexibility index (Phi) is 7.28. The number of aromatic hydroxyl groups is 1. The van der Waals surface area contributed by atoms with Gasteiger partial charge in [-0.05, 0) is 73.7 Å². The fraction of sp³-hybridized carbons (Fsp3) is 0.438. The molecule has 7 heteroatoms. The molecule has 3 aliphatic rings. The number of fused-ring (bicyclic) bond motifs is 2. The lowest BCUT2D eigenvalue weighted by Crippen LogP contribution is -2.40. The maximum Gasteiger partial charge on any atom is 0.128 e. The van der Waals surface area contributed by atoms with Crippen LogP contribution in [0.15, 0.2) is 54.6 Å². The average molecular weight is 533 g/mol. The second-order valence-corrected chi connectivity index (χ2v) is 11.0.